The van der Waals surface area contributed by atoms with Gasteiger partial charge < -0.3 is 0 Å². The predicted molar refractivity (Wildman–Crippen MR) is 91.6 cm³/mol. The van der Waals surface area contributed by atoms with Gasteiger partial charge in [0.1, 0.15) is 0 Å². The largest absolute Gasteiger partial charge is 0.288 e. The van der Waals surface area contributed by atoms with Gasteiger partial charge in [0.25, 0.3) is 5.91 Å². The number of thiophene rings is 1. The van der Waals surface area contributed by atoms with Gasteiger partial charge in [0.15, 0.2) is 5.82 Å². The second kappa shape index (κ2) is 5.66. The normalized spacial score (nSPS) is 10.8. The van der Waals surface area contributed by atoms with Gasteiger partial charge >= 0.3 is 0 Å². The molecule has 2 heterocycles. The van der Waals surface area contributed by atoms with Crippen LogP contribution in [0.25, 0.3) is 22.2 Å². The van der Waals surface area contributed by atoms with Gasteiger partial charge in [-0.15, -0.1) is 16.4 Å². The molecule has 0 aliphatic carbocycles. The van der Waals surface area contributed by atoms with Crippen molar-refractivity contribution in [3.63, 3.8) is 0 Å². The fraction of sp³-hybridized carbons (Fsp3) is 0. The number of nitrogens with zero attached hydrogens (tertiary/aromatic N) is 2. The summed E-state index contributed by atoms with van der Waals surface area (Å²) in [5.74, 6) is 0.693. The molecule has 2 aromatic heterocycles. The van der Waals surface area contributed by atoms with Crippen molar-refractivity contribution in [3.05, 3.63) is 64.9 Å². The molecule has 112 valence electrons. The van der Waals surface area contributed by atoms with Crippen LogP contribution in [0.4, 0.5) is 5.95 Å². The fourth-order valence-corrected chi connectivity index (χ4v) is 3.06. The molecule has 1 amide bonds. The molecule has 0 unspecified atom stereocenters. The first kappa shape index (κ1) is 13.7. The van der Waals surface area contributed by atoms with Crippen molar-refractivity contribution in [2.45, 2.75) is 0 Å². The van der Waals surface area contributed by atoms with E-state index in [1.165, 1.54) is 11.3 Å². The first-order valence-electron chi connectivity index (χ1n) is 7.07. The molecule has 0 bridgehead atoms. The lowest BCUT2D eigenvalue weighted by molar-refractivity contribution is 0.102. The molecule has 0 saturated heterocycles. The number of nitrogens with one attached hydrogen (secondary N) is 2. The van der Waals surface area contributed by atoms with Crippen molar-refractivity contribution in [3.8, 4) is 11.4 Å². The van der Waals surface area contributed by atoms with Gasteiger partial charge in [-0.1, -0.05) is 48.5 Å². The van der Waals surface area contributed by atoms with Crippen LogP contribution in [0, 0.1) is 0 Å². The number of amides is 1. The third-order valence-electron chi connectivity index (χ3n) is 3.50. The summed E-state index contributed by atoms with van der Waals surface area (Å²) in [7, 11) is 0. The van der Waals surface area contributed by atoms with Gasteiger partial charge in [-0.05, 0) is 22.2 Å². The highest BCUT2D eigenvalue weighted by atomic mass is 32.1. The summed E-state index contributed by atoms with van der Waals surface area (Å²) in [6.07, 6.45) is 0. The van der Waals surface area contributed by atoms with Crippen molar-refractivity contribution in [1.29, 1.82) is 0 Å². The first-order valence-corrected chi connectivity index (χ1v) is 7.94. The summed E-state index contributed by atoms with van der Waals surface area (Å²) in [5.41, 5.74) is 0.951. The molecule has 0 fully saturated rings. The van der Waals surface area contributed by atoms with Crippen LogP contribution < -0.4 is 5.32 Å². The van der Waals surface area contributed by atoms with Crippen molar-refractivity contribution >= 4 is 34.0 Å². The second-order valence-corrected chi connectivity index (χ2v) is 5.91. The van der Waals surface area contributed by atoms with Crippen LogP contribution in [0.2, 0.25) is 0 Å². The first-order chi connectivity index (χ1) is 11.3. The fourth-order valence-electron chi connectivity index (χ4n) is 2.44. The van der Waals surface area contributed by atoms with Gasteiger partial charge in [0.05, 0.1) is 4.88 Å². The number of anilines is 1. The van der Waals surface area contributed by atoms with E-state index in [2.05, 4.69) is 32.6 Å². The minimum absolute atomic E-state index is 0.205. The number of aromatic amines is 1. The Labute approximate surface area is 136 Å². The summed E-state index contributed by atoms with van der Waals surface area (Å²) < 4.78 is 0. The number of carbonyl (C=O) groups is 1. The van der Waals surface area contributed by atoms with Crippen LogP contribution in [-0.2, 0) is 0 Å². The lowest BCUT2D eigenvalue weighted by atomic mass is 10.0. The van der Waals surface area contributed by atoms with E-state index in [4.69, 9.17) is 0 Å². The molecule has 0 aliphatic heterocycles. The number of hydrogen-bond acceptors (Lipinski definition) is 4. The van der Waals surface area contributed by atoms with Gasteiger partial charge in [-0.3, -0.25) is 15.2 Å². The topological polar surface area (TPSA) is 70.7 Å². The van der Waals surface area contributed by atoms with Crippen LogP contribution in [0.15, 0.2) is 60.0 Å². The van der Waals surface area contributed by atoms with E-state index >= 15 is 0 Å². The van der Waals surface area contributed by atoms with Crippen molar-refractivity contribution in [1.82, 2.24) is 15.2 Å². The molecule has 0 aliphatic rings. The molecule has 0 spiro atoms. The summed E-state index contributed by atoms with van der Waals surface area (Å²) in [5, 5.41) is 13.7. The Bertz CT molecular complexity index is 970. The smallest absolute Gasteiger partial charge is 0.268 e. The number of hydrogen-bond donors (Lipinski definition) is 2. The summed E-state index contributed by atoms with van der Waals surface area (Å²) in [4.78, 5) is 17.1. The maximum Gasteiger partial charge on any atom is 0.268 e. The highest BCUT2D eigenvalue weighted by Gasteiger charge is 2.12. The average Bonchev–Trinajstić information content (AvgIpc) is 3.26. The Morgan fingerprint density at radius 2 is 1.91 bits per heavy atom. The van der Waals surface area contributed by atoms with E-state index in [0.29, 0.717) is 10.7 Å². The Kier molecular flexibility index (Phi) is 3.36. The third-order valence-corrected chi connectivity index (χ3v) is 4.37. The molecule has 0 saturated carbocycles. The Morgan fingerprint density at radius 1 is 1.04 bits per heavy atom. The van der Waals surface area contributed by atoms with Crippen molar-refractivity contribution < 1.29 is 4.79 Å². The SMILES string of the molecule is O=C(Nc1n[nH]c(-c2cccc3ccccc23)n1)c1cccs1. The Balaban J connectivity index is 1.66. The molecule has 5 nitrogen and oxygen atoms in total. The number of fused-ring (bicyclic) bond motifs is 1. The van der Waals surface area contributed by atoms with Crippen LogP contribution in [0.5, 0.6) is 0 Å². The molecular formula is C17H12N4OS. The molecule has 6 heteroatoms. The van der Waals surface area contributed by atoms with Gasteiger partial charge in [0.2, 0.25) is 5.95 Å². The van der Waals surface area contributed by atoms with Crippen molar-refractivity contribution in [2.24, 2.45) is 0 Å². The number of aromatic nitrogens is 3. The van der Waals surface area contributed by atoms with Crippen LogP contribution in [-0.4, -0.2) is 21.1 Å². The summed E-state index contributed by atoms with van der Waals surface area (Å²) >= 11 is 1.38. The minimum atomic E-state index is -0.205. The number of H-pyrrole nitrogens is 1. The monoisotopic (exact) mass is 320 g/mol. The van der Waals surface area contributed by atoms with Crippen LogP contribution in [0.3, 0.4) is 0 Å². The molecule has 4 rings (SSSR count). The second-order valence-electron chi connectivity index (χ2n) is 4.97. The molecule has 0 radical (unpaired) electrons. The average molecular weight is 320 g/mol. The zero-order valence-electron chi connectivity index (χ0n) is 12.0. The molecule has 2 aromatic carbocycles. The third kappa shape index (κ3) is 2.60. The zero-order chi connectivity index (χ0) is 15.6. The summed E-state index contributed by atoms with van der Waals surface area (Å²) in [6, 6.07) is 17.7. The van der Waals surface area contributed by atoms with E-state index in [1.807, 2.05) is 41.8 Å². The predicted octanol–water partition coefficient (Wildman–Crippen LogP) is 3.94. The highest BCUT2D eigenvalue weighted by molar-refractivity contribution is 7.12. The van der Waals surface area contributed by atoms with Crippen LogP contribution in [0.1, 0.15) is 9.67 Å². The number of benzene rings is 2. The zero-order valence-corrected chi connectivity index (χ0v) is 12.8. The molecule has 2 N–H and O–H groups in total. The quantitative estimate of drug-likeness (QED) is 0.600. The molecular weight excluding hydrogens is 308 g/mol. The number of rotatable bonds is 3. The van der Waals surface area contributed by atoms with E-state index < -0.39 is 0 Å². The van der Waals surface area contributed by atoms with Gasteiger partial charge in [-0.25, -0.2) is 0 Å². The van der Waals surface area contributed by atoms with E-state index in [1.54, 1.807) is 6.07 Å². The molecule has 0 atom stereocenters. The van der Waals surface area contributed by atoms with E-state index in [0.717, 1.165) is 16.3 Å². The summed E-state index contributed by atoms with van der Waals surface area (Å²) in [6.45, 7) is 0. The lowest BCUT2D eigenvalue weighted by Gasteiger charge is -2.02. The Hall–Kier alpha value is -2.99. The molecule has 4 aromatic rings. The minimum Gasteiger partial charge on any atom is -0.288 e. The molecule has 23 heavy (non-hydrogen) atoms. The highest BCUT2D eigenvalue weighted by Crippen LogP contribution is 2.26. The number of carbonyl (C=O) groups excluding carboxylic acids is 1. The maximum absolute atomic E-state index is 12.0. The standard InChI is InChI=1S/C17H12N4OS/c22-16(14-9-4-10-23-14)19-17-18-15(20-21-17)13-8-3-6-11-5-1-2-7-12(11)13/h1-10H,(H2,18,19,20,21,22). The van der Waals surface area contributed by atoms with E-state index in [-0.39, 0.29) is 11.9 Å². The van der Waals surface area contributed by atoms with Crippen LogP contribution >= 0.6 is 11.3 Å². The lowest BCUT2D eigenvalue weighted by Crippen LogP contribution is -2.11. The van der Waals surface area contributed by atoms with Gasteiger partial charge in [0, 0.05) is 5.56 Å². The Morgan fingerprint density at radius 3 is 2.78 bits per heavy atom. The van der Waals surface area contributed by atoms with Crippen molar-refractivity contribution in [2.75, 3.05) is 5.32 Å². The van der Waals surface area contributed by atoms with Gasteiger partial charge in [-0.2, -0.15) is 4.98 Å². The van der Waals surface area contributed by atoms with E-state index in [9.17, 15) is 4.79 Å². The maximum atomic E-state index is 12.0.